The number of benzene rings is 1. The SMILES string of the molecule is CCc1cc(C(=O)ON2C(=O)c3ccccc3C2=O)sc1C. The summed E-state index contributed by atoms with van der Waals surface area (Å²) in [5.41, 5.74) is 1.55. The molecule has 0 unspecified atom stereocenters. The fraction of sp³-hybridized carbons (Fsp3) is 0.188. The Balaban J connectivity index is 1.83. The maximum atomic E-state index is 12.2. The van der Waals surface area contributed by atoms with Crippen molar-refractivity contribution in [2.24, 2.45) is 0 Å². The molecule has 2 heterocycles. The number of hydrogen-bond donors (Lipinski definition) is 0. The molecule has 1 aliphatic rings. The fourth-order valence-corrected chi connectivity index (χ4v) is 3.34. The number of carbonyl (C=O) groups is 3. The van der Waals surface area contributed by atoms with Crippen LogP contribution in [0.3, 0.4) is 0 Å². The van der Waals surface area contributed by atoms with Crippen molar-refractivity contribution in [2.45, 2.75) is 20.3 Å². The molecule has 0 N–H and O–H groups in total. The molecule has 2 aromatic rings. The molecule has 0 fully saturated rings. The van der Waals surface area contributed by atoms with E-state index in [-0.39, 0.29) is 11.1 Å². The van der Waals surface area contributed by atoms with Crippen LogP contribution >= 0.6 is 11.3 Å². The normalized spacial score (nSPS) is 13.5. The van der Waals surface area contributed by atoms with Gasteiger partial charge in [0.25, 0.3) is 11.8 Å². The quantitative estimate of drug-likeness (QED) is 0.817. The van der Waals surface area contributed by atoms with Crippen molar-refractivity contribution in [1.82, 2.24) is 5.06 Å². The Labute approximate surface area is 131 Å². The summed E-state index contributed by atoms with van der Waals surface area (Å²) in [6.45, 7) is 3.91. The van der Waals surface area contributed by atoms with E-state index in [1.165, 1.54) is 23.5 Å². The zero-order valence-corrected chi connectivity index (χ0v) is 12.9. The predicted molar refractivity (Wildman–Crippen MR) is 80.8 cm³/mol. The zero-order valence-electron chi connectivity index (χ0n) is 12.1. The molecule has 1 aromatic carbocycles. The van der Waals surface area contributed by atoms with E-state index in [1.807, 2.05) is 13.8 Å². The van der Waals surface area contributed by atoms with Gasteiger partial charge in [-0.15, -0.1) is 11.3 Å². The Morgan fingerprint density at radius 1 is 1.18 bits per heavy atom. The highest BCUT2D eigenvalue weighted by atomic mass is 32.1. The fourth-order valence-electron chi connectivity index (χ4n) is 2.35. The van der Waals surface area contributed by atoms with E-state index in [0.717, 1.165) is 16.9 Å². The number of rotatable bonds is 3. The number of carbonyl (C=O) groups excluding carboxylic acids is 3. The van der Waals surface area contributed by atoms with Crippen LogP contribution in [0.1, 0.15) is 47.8 Å². The Morgan fingerprint density at radius 3 is 2.27 bits per heavy atom. The Kier molecular flexibility index (Phi) is 3.54. The highest BCUT2D eigenvalue weighted by Gasteiger charge is 2.39. The molecule has 6 heteroatoms. The van der Waals surface area contributed by atoms with Gasteiger partial charge in [0.05, 0.1) is 11.1 Å². The van der Waals surface area contributed by atoms with Gasteiger partial charge in [-0.1, -0.05) is 24.1 Å². The average Bonchev–Trinajstić information content (AvgIpc) is 3.01. The Hall–Kier alpha value is -2.47. The number of hydrogen-bond acceptors (Lipinski definition) is 5. The topological polar surface area (TPSA) is 63.7 Å². The van der Waals surface area contributed by atoms with Gasteiger partial charge in [0.2, 0.25) is 0 Å². The summed E-state index contributed by atoms with van der Waals surface area (Å²) in [7, 11) is 0. The van der Waals surface area contributed by atoms with Crippen molar-refractivity contribution in [3.63, 3.8) is 0 Å². The lowest BCUT2D eigenvalue weighted by Gasteiger charge is -2.11. The monoisotopic (exact) mass is 315 g/mol. The summed E-state index contributed by atoms with van der Waals surface area (Å²) in [4.78, 5) is 42.9. The molecule has 2 amide bonds. The zero-order chi connectivity index (χ0) is 15.9. The smallest absolute Gasteiger partial charge is 0.323 e. The summed E-state index contributed by atoms with van der Waals surface area (Å²) in [5, 5.41) is 0.535. The Bertz CT molecular complexity index is 758. The number of aryl methyl sites for hydroxylation is 2. The molecular formula is C16H13NO4S. The van der Waals surface area contributed by atoms with Crippen molar-refractivity contribution < 1.29 is 19.2 Å². The largest absolute Gasteiger partial charge is 0.373 e. The highest BCUT2D eigenvalue weighted by molar-refractivity contribution is 7.14. The standard InChI is InChI=1S/C16H13NO4S/c1-3-10-8-13(22-9(10)2)16(20)21-17-14(18)11-6-4-5-7-12(11)15(17)19/h4-8H,3H2,1-2H3. The van der Waals surface area contributed by atoms with Crippen LogP contribution in [0.5, 0.6) is 0 Å². The van der Waals surface area contributed by atoms with Gasteiger partial charge in [0.15, 0.2) is 0 Å². The van der Waals surface area contributed by atoms with Crippen molar-refractivity contribution in [3.05, 3.63) is 56.8 Å². The summed E-state index contributed by atoms with van der Waals surface area (Å²) < 4.78 is 0. The van der Waals surface area contributed by atoms with E-state index >= 15 is 0 Å². The first-order valence-corrected chi connectivity index (χ1v) is 7.64. The number of fused-ring (bicyclic) bond motifs is 1. The third kappa shape index (κ3) is 2.21. The van der Waals surface area contributed by atoms with Crippen LogP contribution in [-0.4, -0.2) is 22.8 Å². The molecule has 0 atom stereocenters. The molecule has 0 radical (unpaired) electrons. The maximum Gasteiger partial charge on any atom is 0.373 e. The van der Waals surface area contributed by atoms with E-state index in [0.29, 0.717) is 9.94 Å². The van der Waals surface area contributed by atoms with Crippen LogP contribution in [0.25, 0.3) is 0 Å². The molecule has 3 rings (SSSR count). The van der Waals surface area contributed by atoms with E-state index in [2.05, 4.69) is 0 Å². The van der Waals surface area contributed by atoms with Crippen molar-refractivity contribution in [1.29, 1.82) is 0 Å². The van der Waals surface area contributed by atoms with Crippen LogP contribution in [0, 0.1) is 6.92 Å². The van der Waals surface area contributed by atoms with E-state index in [9.17, 15) is 14.4 Å². The minimum absolute atomic E-state index is 0.247. The lowest BCUT2D eigenvalue weighted by Crippen LogP contribution is -2.32. The first-order valence-electron chi connectivity index (χ1n) is 6.82. The molecule has 0 aliphatic carbocycles. The van der Waals surface area contributed by atoms with E-state index < -0.39 is 17.8 Å². The second-order valence-corrected chi connectivity index (χ2v) is 6.13. The lowest BCUT2D eigenvalue weighted by atomic mass is 10.1. The third-order valence-electron chi connectivity index (χ3n) is 3.53. The molecule has 0 saturated carbocycles. The summed E-state index contributed by atoms with van der Waals surface area (Å²) in [6, 6.07) is 8.12. The van der Waals surface area contributed by atoms with E-state index in [1.54, 1.807) is 18.2 Å². The summed E-state index contributed by atoms with van der Waals surface area (Å²) >= 11 is 1.29. The number of thiophene rings is 1. The van der Waals surface area contributed by atoms with Crippen LogP contribution < -0.4 is 0 Å². The van der Waals surface area contributed by atoms with Crippen LogP contribution in [-0.2, 0) is 11.3 Å². The van der Waals surface area contributed by atoms with Crippen LogP contribution in [0.15, 0.2) is 30.3 Å². The summed E-state index contributed by atoms with van der Waals surface area (Å²) in [6.07, 6.45) is 0.808. The number of nitrogens with zero attached hydrogens (tertiary/aromatic N) is 1. The molecule has 0 spiro atoms. The average molecular weight is 315 g/mol. The molecule has 0 saturated heterocycles. The molecule has 1 aromatic heterocycles. The minimum atomic E-state index is -0.692. The molecule has 1 aliphatic heterocycles. The maximum absolute atomic E-state index is 12.2. The van der Waals surface area contributed by atoms with Crippen molar-refractivity contribution in [2.75, 3.05) is 0 Å². The van der Waals surface area contributed by atoms with Crippen LogP contribution in [0.4, 0.5) is 0 Å². The van der Waals surface area contributed by atoms with Gasteiger partial charge >= 0.3 is 5.97 Å². The van der Waals surface area contributed by atoms with Gasteiger partial charge in [-0.2, -0.15) is 0 Å². The van der Waals surface area contributed by atoms with Crippen molar-refractivity contribution >= 4 is 29.1 Å². The molecule has 5 nitrogen and oxygen atoms in total. The summed E-state index contributed by atoms with van der Waals surface area (Å²) in [5.74, 6) is -1.92. The van der Waals surface area contributed by atoms with Gasteiger partial charge in [-0.25, -0.2) is 4.79 Å². The van der Waals surface area contributed by atoms with Gasteiger partial charge in [0, 0.05) is 4.88 Å². The first kappa shape index (κ1) is 14.5. The first-order chi connectivity index (χ1) is 10.5. The minimum Gasteiger partial charge on any atom is -0.323 e. The number of amides is 2. The predicted octanol–water partition coefficient (Wildman–Crippen LogP) is 2.99. The second-order valence-electron chi connectivity index (χ2n) is 4.87. The molecule has 112 valence electrons. The van der Waals surface area contributed by atoms with Gasteiger partial charge < -0.3 is 4.84 Å². The van der Waals surface area contributed by atoms with Crippen LogP contribution in [0.2, 0.25) is 0 Å². The van der Waals surface area contributed by atoms with Gasteiger partial charge in [0.1, 0.15) is 4.88 Å². The van der Waals surface area contributed by atoms with Gasteiger partial charge in [-0.05, 0) is 37.1 Å². The number of hydroxylamine groups is 2. The number of imide groups is 1. The molecular weight excluding hydrogens is 302 g/mol. The third-order valence-corrected chi connectivity index (χ3v) is 4.61. The Morgan fingerprint density at radius 2 is 1.77 bits per heavy atom. The lowest BCUT2D eigenvalue weighted by molar-refractivity contribution is -0.0581. The van der Waals surface area contributed by atoms with Crippen molar-refractivity contribution in [3.8, 4) is 0 Å². The molecule has 0 bridgehead atoms. The second kappa shape index (κ2) is 5.38. The van der Waals surface area contributed by atoms with Gasteiger partial charge in [-0.3, -0.25) is 9.59 Å². The highest BCUT2D eigenvalue weighted by Crippen LogP contribution is 2.26. The molecule has 22 heavy (non-hydrogen) atoms. The van der Waals surface area contributed by atoms with E-state index in [4.69, 9.17) is 4.84 Å².